The number of halogens is 1. The molecule has 3 heteroatoms. The van der Waals surface area contributed by atoms with E-state index in [1.807, 2.05) is 12.1 Å². The molecular formula is C12H17FN2. The van der Waals surface area contributed by atoms with Crippen LogP contribution in [-0.4, -0.2) is 31.6 Å². The van der Waals surface area contributed by atoms with E-state index in [-0.39, 0.29) is 5.82 Å². The molecule has 0 aliphatic carbocycles. The number of likely N-dealkylation sites (tertiary alicyclic amines) is 1. The van der Waals surface area contributed by atoms with Crippen molar-refractivity contribution in [2.24, 2.45) is 0 Å². The minimum atomic E-state index is -0.176. The average molecular weight is 208 g/mol. The normalized spacial score (nSPS) is 16.1. The molecule has 0 bridgehead atoms. The van der Waals surface area contributed by atoms with Crippen molar-refractivity contribution in [1.29, 1.82) is 0 Å². The SMILES string of the molecule is CNc1cc(CCN2CCC2)ccc1F. The van der Waals surface area contributed by atoms with Crippen LogP contribution in [0.3, 0.4) is 0 Å². The molecular weight excluding hydrogens is 191 g/mol. The molecule has 0 radical (unpaired) electrons. The third-order valence-electron chi connectivity index (χ3n) is 2.97. The number of hydrogen-bond acceptors (Lipinski definition) is 2. The Kier molecular flexibility index (Phi) is 3.21. The van der Waals surface area contributed by atoms with Crippen LogP contribution in [0.4, 0.5) is 10.1 Å². The highest BCUT2D eigenvalue weighted by Gasteiger charge is 2.13. The Morgan fingerprint density at radius 2 is 2.20 bits per heavy atom. The van der Waals surface area contributed by atoms with Crippen molar-refractivity contribution in [3.05, 3.63) is 29.6 Å². The van der Waals surface area contributed by atoms with Gasteiger partial charge in [0, 0.05) is 13.6 Å². The summed E-state index contributed by atoms with van der Waals surface area (Å²) < 4.78 is 13.2. The maximum absolute atomic E-state index is 13.2. The topological polar surface area (TPSA) is 15.3 Å². The van der Waals surface area contributed by atoms with E-state index in [9.17, 15) is 4.39 Å². The Bertz CT molecular complexity index is 334. The minimum Gasteiger partial charge on any atom is -0.386 e. The van der Waals surface area contributed by atoms with Crippen molar-refractivity contribution in [1.82, 2.24) is 4.90 Å². The summed E-state index contributed by atoms with van der Waals surface area (Å²) in [6, 6.07) is 5.31. The molecule has 0 unspecified atom stereocenters. The average Bonchev–Trinajstić information content (AvgIpc) is 2.18. The molecule has 1 aliphatic rings. The molecule has 0 atom stereocenters. The first-order valence-corrected chi connectivity index (χ1v) is 5.48. The first-order chi connectivity index (χ1) is 7.29. The Hall–Kier alpha value is -1.09. The molecule has 82 valence electrons. The van der Waals surface area contributed by atoms with Crippen molar-refractivity contribution in [2.45, 2.75) is 12.8 Å². The van der Waals surface area contributed by atoms with Gasteiger partial charge in [-0.15, -0.1) is 0 Å². The van der Waals surface area contributed by atoms with E-state index in [1.165, 1.54) is 31.1 Å². The van der Waals surface area contributed by atoms with Gasteiger partial charge in [0.15, 0.2) is 0 Å². The van der Waals surface area contributed by atoms with Crippen LogP contribution in [-0.2, 0) is 6.42 Å². The van der Waals surface area contributed by atoms with Gasteiger partial charge in [-0.2, -0.15) is 0 Å². The fourth-order valence-corrected chi connectivity index (χ4v) is 1.81. The number of nitrogens with one attached hydrogen (secondary N) is 1. The van der Waals surface area contributed by atoms with Gasteiger partial charge in [0.2, 0.25) is 0 Å². The highest BCUT2D eigenvalue weighted by molar-refractivity contribution is 5.46. The van der Waals surface area contributed by atoms with Gasteiger partial charge in [0.25, 0.3) is 0 Å². The predicted octanol–water partition coefficient (Wildman–Crippen LogP) is 2.12. The molecule has 1 aromatic rings. The number of anilines is 1. The standard InChI is InChI=1S/C12H17FN2/c1-14-12-9-10(3-4-11(12)13)5-8-15-6-2-7-15/h3-4,9,14H,2,5-8H2,1H3. The second-order valence-electron chi connectivity index (χ2n) is 4.01. The molecule has 2 rings (SSSR count). The highest BCUT2D eigenvalue weighted by Crippen LogP contribution is 2.16. The second-order valence-corrected chi connectivity index (χ2v) is 4.01. The van der Waals surface area contributed by atoms with E-state index in [4.69, 9.17) is 0 Å². The first-order valence-electron chi connectivity index (χ1n) is 5.48. The van der Waals surface area contributed by atoms with Crippen molar-refractivity contribution >= 4 is 5.69 Å². The number of nitrogens with zero attached hydrogens (tertiary/aromatic N) is 1. The number of benzene rings is 1. The molecule has 15 heavy (non-hydrogen) atoms. The van der Waals surface area contributed by atoms with E-state index in [0.717, 1.165) is 13.0 Å². The van der Waals surface area contributed by atoms with Gasteiger partial charge in [-0.3, -0.25) is 0 Å². The Morgan fingerprint density at radius 1 is 1.40 bits per heavy atom. The largest absolute Gasteiger partial charge is 0.386 e. The summed E-state index contributed by atoms with van der Waals surface area (Å²) >= 11 is 0. The van der Waals surface area contributed by atoms with Crippen LogP contribution in [0.2, 0.25) is 0 Å². The fraction of sp³-hybridized carbons (Fsp3) is 0.500. The van der Waals surface area contributed by atoms with Crippen LogP contribution < -0.4 is 5.32 Å². The lowest BCUT2D eigenvalue weighted by atomic mass is 10.1. The maximum Gasteiger partial charge on any atom is 0.146 e. The lowest BCUT2D eigenvalue weighted by Gasteiger charge is -2.30. The van der Waals surface area contributed by atoms with Gasteiger partial charge in [-0.05, 0) is 43.6 Å². The Morgan fingerprint density at radius 3 is 2.80 bits per heavy atom. The second kappa shape index (κ2) is 4.62. The van der Waals surface area contributed by atoms with E-state index < -0.39 is 0 Å². The lowest BCUT2D eigenvalue weighted by molar-refractivity contribution is 0.184. The van der Waals surface area contributed by atoms with Gasteiger partial charge in [0.05, 0.1) is 5.69 Å². The Labute approximate surface area is 90.1 Å². The predicted molar refractivity (Wildman–Crippen MR) is 60.7 cm³/mol. The quantitative estimate of drug-likeness (QED) is 0.815. The lowest BCUT2D eigenvalue weighted by Crippen LogP contribution is -2.38. The third-order valence-corrected chi connectivity index (χ3v) is 2.97. The molecule has 1 saturated heterocycles. The van der Waals surface area contributed by atoms with E-state index in [1.54, 1.807) is 7.05 Å². The summed E-state index contributed by atoms with van der Waals surface area (Å²) in [5.41, 5.74) is 1.80. The molecule has 1 fully saturated rings. The zero-order valence-electron chi connectivity index (χ0n) is 9.09. The molecule has 1 heterocycles. The van der Waals surface area contributed by atoms with Gasteiger partial charge in [0.1, 0.15) is 5.82 Å². The first kappa shape index (κ1) is 10.4. The zero-order valence-corrected chi connectivity index (χ0v) is 9.09. The molecule has 2 nitrogen and oxygen atoms in total. The third kappa shape index (κ3) is 2.48. The van der Waals surface area contributed by atoms with Crippen molar-refractivity contribution in [3.63, 3.8) is 0 Å². The molecule has 1 N–H and O–H groups in total. The van der Waals surface area contributed by atoms with Crippen molar-refractivity contribution < 1.29 is 4.39 Å². The van der Waals surface area contributed by atoms with E-state index >= 15 is 0 Å². The molecule has 0 saturated carbocycles. The van der Waals surface area contributed by atoms with E-state index in [0.29, 0.717) is 5.69 Å². The zero-order chi connectivity index (χ0) is 10.7. The maximum atomic E-state index is 13.2. The van der Waals surface area contributed by atoms with Crippen LogP contribution in [0, 0.1) is 5.82 Å². The van der Waals surface area contributed by atoms with Crippen molar-refractivity contribution in [2.75, 3.05) is 32.0 Å². The molecule has 0 amide bonds. The summed E-state index contributed by atoms with van der Waals surface area (Å²) in [5, 5.41) is 2.86. The molecule has 0 spiro atoms. The summed E-state index contributed by atoms with van der Waals surface area (Å²) in [4.78, 5) is 2.42. The van der Waals surface area contributed by atoms with Gasteiger partial charge >= 0.3 is 0 Å². The minimum absolute atomic E-state index is 0.176. The number of rotatable bonds is 4. The van der Waals surface area contributed by atoms with Gasteiger partial charge < -0.3 is 10.2 Å². The Balaban J connectivity index is 1.95. The van der Waals surface area contributed by atoms with Crippen LogP contribution in [0.1, 0.15) is 12.0 Å². The van der Waals surface area contributed by atoms with Crippen LogP contribution in [0.25, 0.3) is 0 Å². The van der Waals surface area contributed by atoms with Crippen LogP contribution in [0.5, 0.6) is 0 Å². The summed E-state index contributed by atoms with van der Waals surface area (Å²) in [6.07, 6.45) is 2.33. The monoisotopic (exact) mass is 208 g/mol. The van der Waals surface area contributed by atoms with E-state index in [2.05, 4.69) is 10.2 Å². The summed E-state index contributed by atoms with van der Waals surface area (Å²) in [7, 11) is 1.75. The fourth-order valence-electron chi connectivity index (χ4n) is 1.81. The summed E-state index contributed by atoms with van der Waals surface area (Å²) in [5.74, 6) is -0.176. The highest BCUT2D eigenvalue weighted by atomic mass is 19.1. The molecule has 1 aromatic carbocycles. The molecule has 0 aromatic heterocycles. The van der Waals surface area contributed by atoms with Crippen LogP contribution >= 0.6 is 0 Å². The summed E-state index contributed by atoms with van der Waals surface area (Å²) in [6.45, 7) is 3.54. The van der Waals surface area contributed by atoms with Gasteiger partial charge in [-0.25, -0.2) is 4.39 Å². The van der Waals surface area contributed by atoms with Crippen LogP contribution in [0.15, 0.2) is 18.2 Å². The number of hydrogen-bond donors (Lipinski definition) is 1. The van der Waals surface area contributed by atoms with Crippen molar-refractivity contribution in [3.8, 4) is 0 Å². The van der Waals surface area contributed by atoms with Gasteiger partial charge in [-0.1, -0.05) is 6.07 Å². The molecule has 1 aliphatic heterocycles. The smallest absolute Gasteiger partial charge is 0.146 e.